The lowest BCUT2D eigenvalue weighted by Crippen LogP contribution is -2.24. The zero-order valence-electron chi connectivity index (χ0n) is 13.1. The summed E-state index contributed by atoms with van der Waals surface area (Å²) in [7, 11) is -4.21. The Labute approximate surface area is 144 Å². The van der Waals surface area contributed by atoms with Gasteiger partial charge in [-0.3, -0.25) is 14.3 Å². The van der Waals surface area contributed by atoms with Crippen LogP contribution >= 0.6 is 0 Å². The van der Waals surface area contributed by atoms with Crippen LogP contribution in [0.5, 0.6) is 0 Å². The van der Waals surface area contributed by atoms with Gasteiger partial charge in [-0.1, -0.05) is 36.4 Å². The molecule has 0 heterocycles. The van der Waals surface area contributed by atoms with Crippen molar-refractivity contribution in [3.05, 3.63) is 70.3 Å². The molecular weight excluding hydrogens is 350 g/mol. The minimum Gasteiger partial charge on any atom is -0.388 e. The van der Waals surface area contributed by atoms with Crippen LogP contribution in [0.2, 0.25) is 0 Å². The Morgan fingerprint density at radius 2 is 1.80 bits per heavy atom. The average Bonchev–Trinajstić information content (AvgIpc) is 2.61. The van der Waals surface area contributed by atoms with E-state index in [0.717, 1.165) is 11.6 Å². The summed E-state index contributed by atoms with van der Waals surface area (Å²) in [6, 6.07) is 13.8. The van der Waals surface area contributed by atoms with E-state index in [9.17, 15) is 23.6 Å². The number of nitrogens with zero attached hydrogens (tertiary/aromatic N) is 1. The summed E-state index contributed by atoms with van der Waals surface area (Å²) in [6.07, 6.45) is -1.16. The minimum atomic E-state index is -4.21. The molecule has 0 aliphatic rings. The van der Waals surface area contributed by atoms with Gasteiger partial charge in [0.15, 0.2) is 0 Å². The van der Waals surface area contributed by atoms with Crippen molar-refractivity contribution in [3.8, 4) is 0 Å². The van der Waals surface area contributed by atoms with E-state index in [1.807, 2.05) is 30.3 Å². The van der Waals surface area contributed by atoms with Crippen LogP contribution in [0, 0.1) is 10.1 Å². The molecule has 0 radical (unpaired) electrons. The fourth-order valence-electron chi connectivity index (χ4n) is 1.92. The highest BCUT2D eigenvalue weighted by atomic mass is 32.2. The average molecular weight is 367 g/mol. The van der Waals surface area contributed by atoms with Crippen LogP contribution in [0.4, 0.5) is 5.69 Å². The van der Waals surface area contributed by atoms with E-state index < -0.39 is 27.8 Å². The first-order chi connectivity index (χ1) is 11.9. The van der Waals surface area contributed by atoms with E-state index in [-0.39, 0.29) is 23.8 Å². The van der Waals surface area contributed by atoms with Gasteiger partial charge in [0.05, 0.1) is 24.7 Å². The number of non-ortho nitro benzene ring substituents is 1. The van der Waals surface area contributed by atoms with Crippen molar-refractivity contribution >= 4 is 15.8 Å². The standard InChI is InChI=1S/C16H17NO7S/c18-15(11-23-10-13-5-2-1-3-6-13)12-24-25(21,22)16-8-4-7-14(9-16)17(19)20/h1-9,15,18H,10-12H2. The van der Waals surface area contributed by atoms with Crippen LogP contribution in [0.15, 0.2) is 59.5 Å². The molecule has 0 fully saturated rings. The van der Waals surface area contributed by atoms with Gasteiger partial charge in [-0.05, 0) is 11.6 Å². The van der Waals surface area contributed by atoms with E-state index in [4.69, 9.17) is 8.92 Å². The van der Waals surface area contributed by atoms with Crippen LogP contribution in [0.25, 0.3) is 0 Å². The highest BCUT2D eigenvalue weighted by Gasteiger charge is 2.20. The first kappa shape index (κ1) is 19.0. The Morgan fingerprint density at radius 1 is 1.08 bits per heavy atom. The van der Waals surface area contributed by atoms with E-state index >= 15 is 0 Å². The summed E-state index contributed by atoms with van der Waals surface area (Å²) in [5.41, 5.74) is 0.552. The van der Waals surface area contributed by atoms with Crippen LogP contribution < -0.4 is 0 Å². The van der Waals surface area contributed by atoms with Gasteiger partial charge in [0, 0.05) is 12.1 Å². The van der Waals surface area contributed by atoms with Gasteiger partial charge in [0.2, 0.25) is 0 Å². The number of nitro benzene ring substituents is 1. The zero-order valence-corrected chi connectivity index (χ0v) is 14.0. The van der Waals surface area contributed by atoms with Gasteiger partial charge < -0.3 is 9.84 Å². The van der Waals surface area contributed by atoms with Crippen LogP contribution in [-0.2, 0) is 25.6 Å². The molecule has 0 amide bonds. The Bertz CT molecular complexity index is 808. The smallest absolute Gasteiger partial charge is 0.297 e. The molecule has 8 nitrogen and oxygen atoms in total. The van der Waals surface area contributed by atoms with Crippen molar-refractivity contribution in [2.75, 3.05) is 13.2 Å². The lowest BCUT2D eigenvalue weighted by Gasteiger charge is -2.12. The second kappa shape index (κ2) is 8.67. The SMILES string of the molecule is O=[N+]([O-])c1cccc(S(=O)(=O)OCC(O)COCc2ccccc2)c1. The fourth-order valence-corrected chi connectivity index (χ4v) is 2.91. The maximum Gasteiger partial charge on any atom is 0.297 e. The van der Waals surface area contributed by atoms with Crippen molar-refractivity contribution in [1.29, 1.82) is 0 Å². The normalized spacial score (nSPS) is 12.7. The van der Waals surface area contributed by atoms with Crippen molar-refractivity contribution in [3.63, 3.8) is 0 Å². The molecule has 0 spiro atoms. The number of ether oxygens (including phenoxy) is 1. The molecule has 2 aromatic rings. The highest BCUT2D eigenvalue weighted by molar-refractivity contribution is 7.86. The molecule has 2 aromatic carbocycles. The van der Waals surface area contributed by atoms with E-state index in [2.05, 4.69) is 0 Å². The van der Waals surface area contributed by atoms with Crippen molar-refractivity contribution in [1.82, 2.24) is 0 Å². The molecule has 9 heteroatoms. The van der Waals surface area contributed by atoms with Gasteiger partial charge in [0.1, 0.15) is 11.0 Å². The zero-order chi connectivity index (χ0) is 18.3. The predicted molar refractivity (Wildman–Crippen MR) is 88.3 cm³/mol. The maximum atomic E-state index is 12.0. The summed E-state index contributed by atoms with van der Waals surface area (Å²) in [4.78, 5) is 9.64. The molecule has 25 heavy (non-hydrogen) atoms. The Hall–Kier alpha value is -2.33. The largest absolute Gasteiger partial charge is 0.388 e. The third kappa shape index (κ3) is 5.91. The predicted octanol–water partition coefficient (Wildman–Crippen LogP) is 1.88. The molecular formula is C16H17NO7S. The highest BCUT2D eigenvalue weighted by Crippen LogP contribution is 2.19. The fraction of sp³-hybridized carbons (Fsp3) is 0.250. The minimum absolute atomic E-state index is 0.112. The van der Waals surface area contributed by atoms with Crippen molar-refractivity contribution in [2.24, 2.45) is 0 Å². The summed E-state index contributed by atoms with van der Waals surface area (Å²) in [5.74, 6) is 0. The molecule has 0 aliphatic carbocycles. The monoisotopic (exact) mass is 367 g/mol. The number of benzene rings is 2. The first-order valence-corrected chi connectivity index (χ1v) is 8.73. The van der Waals surface area contributed by atoms with Crippen molar-refractivity contribution < 1.29 is 27.4 Å². The van der Waals surface area contributed by atoms with E-state index in [1.165, 1.54) is 18.2 Å². The number of hydrogen-bond acceptors (Lipinski definition) is 7. The lowest BCUT2D eigenvalue weighted by atomic mass is 10.2. The lowest BCUT2D eigenvalue weighted by molar-refractivity contribution is -0.385. The molecule has 134 valence electrons. The van der Waals surface area contributed by atoms with Gasteiger partial charge >= 0.3 is 0 Å². The van der Waals surface area contributed by atoms with E-state index in [0.29, 0.717) is 0 Å². The third-order valence-corrected chi connectivity index (χ3v) is 4.43. The number of nitro groups is 1. The molecule has 0 aliphatic heterocycles. The quantitative estimate of drug-likeness (QED) is 0.408. The first-order valence-electron chi connectivity index (χ1n) is 7.32. The molecule has 0 saturated carbocycles. The van der Waals surface area contributed by atoms with Gasteiger partial charge in [-0.25, -0.2) is 0 Å². The molecule has 0 bridgehead atoms. The number of aliphatic hydroxyl groups excluding tert-OH is 1. The molecule has 0 saturated heterocycles. The second-order valence-electron chi connectivity index (χ2n) is 5.15. The molecule has 2 rings (SSSR count). The van der Waals surface area contributed by atoms with Gasteiger partial charge in [-0.2, -0.15) is 8.42 Å². The Kier molecular flexibility index (Phi) is 6.59. The summed E-state index contributed by atoms with van der Waals surface area (Å²) >= 11 is 0. The summed E-state index contributed by atoms with van der Waals surface area (Å²) < 4.78 is 34.0. The van der Waals surface area contributed by atoms with Crippen molar-refractivity contribution in [2.45, 2.75) is 17.6 Å². The molecule has 1 N–H and O–H groups in total. The topological polar surface area (TPSA) is 116 Å². The van der Waals surface area contributed by atoms with Gasteiger partial charge in [-0.15, -0.1) is 0 Å². The number of rotatable bonds is 9. The second-order valence-corrected chi connectivity index (χ2v) is 6.76. The van der Waals surface area contributed by atoms with Gasteiger partial charge in [0.25, 0.3) is 15.8 Å². The molecule has 1 unspecified atom stereocenters. The Balaban J connectivity index is 1.84. The number of hydrogen-bond donors (Lipinski definition) is 1. The molecule has 0 aromatic heterocycles. The summed E-state index contributed by atoms with van der Waals surface area (Å²) in [6.45, 7) is -0.352. The maximum absolute atomic E-state index is 12.0. The van der Waals surface area contributed by atoms with Crippen LogP contribution in [0.1, 0.15) is 5.56 Å². The number of aliphatic hydroxyl groups is 1. The van der Waals surface area contributed by atoms with Crippen LogP contribution in [0.3, 0.4) is 0 Å². The molecule has 1 atom stereocenters. The van der Waals surface area contributed by atoms with E-state index in [1.54, 1.807) is 0 Å². The Morgan fingerprint density at radius 3 is 2.48 bits per heavy atom. The van der Waals surface area contributed by atoms with Crippen LogP contribution in [-0.4, -0.2) is 37.8 Å². The summed E-state index contributed by atoms with van der Waals surface area (Å²) in [5, 5.41) is 20.5. The third-order valence-electron chi connectivity index (χ3n) is 3.15.